The number of allylic oxidation sites excluding steroid dienone is 1. The smallest absolute Gasteiger partial charge is 0.0456 e. The Kier molecular flexibility index (Phi) is 6.45. The van der Waals surface area contributed by atoms with Gasteiger partial charge in [0.1, 0.15) is 0 Å². The first-order valence-electron chi connectivity index (χ1n) is 6.68. The van der Waals surface area contributed by atoms with Gasteiger partial charge in [0.05, 0.1) is 0 Å². The number of nitrogens with one attached hydrogen (secondary N) is 1. The zero-order valence-electron chi connectivity index (χ0n) is 11.7. The molecule has 0 saturated carbocycles. The number of halogens is 1. The Hall–Kier alpha value is -0.790. The second-order valence-corrected chi connectivity index (χ2v) is 5.43. The molecule has 1 N–H and O–H groups in total. The van der Waals surface area contributed by atoms with E-state index in [9.17, 15) is 0 Å². The van der Waals surface area contributed by atoms with Crippen molar-refractivity contribution in [3.8, 4) is 0 Å². The van der Waals surface area contributed by atoms with E-state index in [4.69, 9.17) is 11.6 Å². The van der Waals surface area contributed by atoms with Crippen LogP contribution < -0.4 is 5.32 Å². The van der Waals surface area contributed by atoms with E-state index in [0.29, 0.717) is 6.04 Å². The molecule has 0 aliphatic rings. The molecule has 1 rings (SSSR count). The van der Waals surface area contributed by atoms with Gasteiger partial charge in [-0.3, -0.25) is 0 Å². The van der Waals surface area contributed by atoms with Crippen molar-refractivity contribution in [2.45, 2.75) is 46.1 Å². The van der Waals surface area contributed by atoms with E-state index in [1.807, 2.05) is 6.07 Å². The van der Waals surface area contributed by atoms with Gasteiger partial charge in [-0.2, -0.15) is 0 Å². The Labute approximate surface area is 116 Å². The highest BCUT2D eigenvalue weighted by molar-refractivity contribution is 6.31. The Morgan fingerprint density at radius 2 is 2.17 bits per heavy atom. The van der Waals surface area contributed by atoms with Crippen LogP contribution in [0.25, 0.3) is 0 Å². The minimum Gasteiger partial charge on any atom is -0.310 e. The van der Waals surface area contributed by atoms with Crippen molar-refractivity contribution >= 4 is 11.6 Å². The third-order valence-corrected chi connectivity index (χ3v) is 3.36. The summed E-state index contributed by atoms with van der Waals surface area (Å²) in [5.41, 5.74) is 3.64. The van der Waals surface area contributed by atoms with Crippen LogP contribution in [0.1, 0.15) is 50.3 Å². The molecule has 0 heterocycles. The summed E-state index contributed by atoms with van der Waals surface area (Å²) in [6.07, 6.45) is 3.22. The third-order valence-electron chi connectivity index (χ3n) is 3.03. The lowest BCUT2D eigenvalue weighted by Crippen LogP contribution is -2.22. The molecule has 1 atom stereocenters. The fourth-order valence-electron chi connectivity index (χ4n) is 1.99. The molecule has 100 valence electrons. The van der Waals surface area contributed by atoms with E-state index in [1.54, 1.807) is 0 Å². The zero-order valence-corrected chi connectivity index (χ0v) is 12.5. The van der Waals surface area contributed by atoms with Crippen LogP contribution in [0.3, 0.4) is 0 Å². The highest BCUT2D eigenvalue weighted by atomic mass is 35.5. The van der Waals surface area contributed by atoms with Gasteiger partial charge >= 0.3 is 0 Å². The van der Waals surface area contributed by atoms with Gasteiger partial charge in [-0.15, -0.1) is 6.58 Å². The van der Waals surface area contributed by atoms with E-state index < -0.39 is 0 Å². The van der Waals surface area contributed by atoms with Crippen LogP contribution >= 0.6 is 11.6 Å². The maximum absolute atomic E-state index is 6.36. The summed E-state index contributed by atoms with van der Waals surface area (Å²) >= 11 is 6.36. The zero-order chi connectivity index (χ0) is 13.5. The molecule has 0 bridgehead atoms. The van der Waals surface area contributed by atoms with Crippen molar-refractivity contribution in [3.05, 3.63) is 46.5 Å². The van der Waals surface area contributed by atoms with E-state index in [2.05, 4.69) is 44.8 Å². The van der Waals surface area contributed by atoms with Gasteiger partial charge in [0.2, 0.25) is 0 Å². The number of hydrogen-bond donors (Lipinski definition) is 1. The monoisotopic (exact) mass is 265 g/mol. The summed E-state index contributed by atoms with van der Waals surface area (Å²) in [6, 6.07) is 6.64. The topological polar surface area (TPSA) is 12.0 Å². The van der Waals surface area contributed by atoms with E-state index >= 15 is 0 Å². The standard InChI is InChI=1S/C16H24ClN/c1-5-10-18-16(9-6-12(2)3)14-8-7-13(4)11-15(14)17/h7-8,11,16,18H,2,5-6,9-10H2,1,3-4H3. The van der Waals surface area contributed by atoms with Gasteiger partial charge < -0.3 is 5.32 Å². The second-order valence-electron chi connectivity index (χ2n) is 5.03. The van der Waals surface area contributed by atoms with Crippen molar-refractivity contribution in [2.24, 2.45) is 0 Å². The van der Waals surface area contributed by atoms with Crippen molar-refractivity contribution in [3.63, 3.8) is 0 Å². The van der Waals surface area contributed by atoms with Crippen LogP contribution in [0, 0.1) is 6.92 Å². The van der Waals surface area contributed by atoms with Gasteiger partial charge in [0, 0.05) is 11.1 Å². The second kappa shape index (κ2) is 7.60. The molecule has 0 amide bonds. The van der Waals surface area contributed by atoms with Crippen molar-refractivity contribution in [1.82, 2.24) is 5.32 Å². The number of benzene rings is 1. The van der Waals surface area contributed by atoms with Crippen molar-refractivity contribution in [1.29, 1.82) is 0 Å². The number of aryl methyl sites for hydroxylation is 1. The van der Waals surface area contributed by atoms with E-state index in [1.165, 1.54) is 16.7 Å². The van der Waals surface area contributed by atoms with Crippen LogP contribution in [-0.4, -0.2) is 6.54 Å². The molecule has 0 aromatic heterocycles. The molecule has 0 radical (unpaired) electrons. The van der Waals surface area contributed by atoms with E-state index in [0.717, 1.165) is 30.8 Å². The third kappa shape index (κ3) is 4.83. The Morgan fingerprint density at radius 1 is 1.44 bits per heavy atom. The summed E-state index contributed by atoms with van der Waals surface area (Å²) < 4.78 is 0. The van der Waals surface area contributed by atoms with Crippen LogP contribution in [-0.2, 0) is 0 Å². The van der Waals surface area contributed by atoms with Crippen molar-refractivity contribution in [2.75, 3.05) is 6.54 Å². The summed E-state index contributed by atoms with van der Waals surface area (Å²) in [4.78, 5) is 0. The highest BCUT2D eigenvalue weighted by Gasteiger charge is 2.13. The molecule has 1 aromatic rings. The first-order valence-corrected chi connectivity index (χ1v) is 7.06. The summed E-state index contributed by atoms with van der Waals surface area (Å²) in [5.74, 6) is 0. The molecule has 0 aliphatic heterocycles. The number of hydrogen-bond acceptors (Lipinski definition) is 1. The summed E-state index contributed by atoms with van der Waals surface area (Å²) in [6.45, 7) is 11.3. The molecule has 1 aromatic carbocycles. The first-order chi connectivity index (χ1) is 8.54. The fraction of sp³-hybridized carbons (Fsp3) is 0.500. The maximum Gasteiger partial charge on any atom is 0.0456 e. The fourth-order valence-corrected chi connectivity index (χ4v) is 2.36. The van der Waals surface area contributed by atoms with Gasteiger partial charge in [-0.05, 0) is 56.8 Å². The van der Waals surface area contributed by atoms with Crippen LogP contribution in [0.4, 0.5) is 0 Å². The molecule has 0 spiro atoms. The molecule has 0 fully saturated rings. The highest BCUT2D eigenvalue weighted by Crippen LogP contribution is 2.28. The van der Waals surface area contributed by atoms with Gasteiger partial charge in [-0.1, -0.05) is 36.2 Å². The summed E-state index contributed by atoms with van der Waals surface area (Å²) in [7, 11) is 0. The normalized spacial score (nSPS) is 12.4. The first kappa shape index (κ1) is 15.3. The maximum atomic E-state index is 6.36. The Bertz CT molecular complexity index is 398. The lowest BCUT2D eigenvalue weighted by atomic mass is 9.98. The largest absolute Gasteiger partial charge is 0.310 e. The average molecular weight is 266 g/mol. The molecule has 18 heavy (non-hydrogen) atoms. The van der Waals surface area contributed by atoms with Gasteiger partial charge in [-0.25, -0.2) is 0 Å². The quantitative estimate of drug-likeness (QED) is 0.681. The van der Waals surface area contributed by atoms with Crippen LogP contribution in [0.15, 0.2) is 30.4 Å². The lowest BCUT2D eigenvalue weighted by molar-refractivity contribution is 0.499. The SMILES string of the molecule is C=C(C)CCC(NCCC)c1ccc(C)cc1Cl. The average Bonchev–Trinajstić information content (AvgIpc) is 2.30. The number of rotatable bonds is 7. The molecular formula is C16H24ClN. The van der Waals surface area contributed by atoms with E-state index in [-0.39, 0.29) is 0 Å². The van der Waals surface area contributed by atoms with Crippen LogP contribution in [0.2, 0.25) is 5.02 Å². The predicted octanol–water partition coefficient (Wildman–Crippen LogP) is 5.05. The Morgan fingerprint density at radius 3 is 2.72 bits per heavy atom. The molecule has 1 nitrogen and oxygen atoms in total. The predicted molar refractivity (Wildman–Crippen MR) is 81.3 cm³/mol. The Balaban J connectivity index is 2.82. The summed E-state index contributed by atoms with van der Waals surface area (Å²) in [5, 5.41) is 4.44. The molecule has 0 saturated heterocycles. The van der Waals surface area contributed by atoms with Crippen molar-refractivity contribution < 1.29 is 0 Å². The molecule has 1 unspecified atom stereocenters. The minimum atomic E-state index is 0.328. The van der Waals surface area contributed by atoms with Crippen LogP contribution in [0.5, 0.6) is 0 Å². The van der Waals surface area contributed by atoms with Gasteiger partial charge in [0.15, 0.2) is 0 Å². The minimum absolute atomic E-state index is 0.328. The lowest BCUT2D eigenvalue weighted by Gasteiger charge is -2.20. The molecule has 0 aliphatic carbocycles. The molecule has 2 heteroatoms. The molecular weight excluding hydrogens is 242 g/mol. The van der Waals surface area contributed by atoms with Gasteiger partial charge in [0.25, 0.3) is 0 Å².